The van der Waals surface area contributed by atoms with Crippen LogP contribution in [0.3, 0.4) is 0 Å². The minimum Gasteiger partial charge on any atom is -0.443 e. The summed E-state index contributed by atoms with van der Waals surface area (Å²) in [5.74, 6) is -1.19. The van der Waals surface area contributed by atoms with Gasteiger partial charge in [-0.25, -0.2) is 4.31 Å². The van der Waals surface area contributed by atoms with Crippen molar-refractivity contribution in [1.82, 2.24) is 0 Å². The van der Waals surface area contributed by atoms with Crippen LogP contribution in [-0.4, -0.2) is 51.3 Å². The Hall–Kier alpha value is -2.34. The predicted molar refractivity (Wildman–Crippen MR) is 123 cm³/mol. The van der Waals surface area contributed by atoms with Crippen molar-refractivity contribution in [1.29, 1.82) is 0 Å². The van der Waals surface area contributed by atoms with Crippen LogP contribution in [0.15, 0.2) is 12.1 Å². The molecule has 1 saturated carbocycles. The van der Waals surface area contributed by atoms with Gasteiger partial charge in [-0.3, -0.25) is 9.59 Å². The van der Waals surface area contributed by atoms with E-state index in [0.29, 0.717) is 12.0 Å². The highest BCUT2D eigenvalue weighted by Crippen LogP contribution is 2.38. The Kier molecular flexibility index (Phi) is 7.48. The molecule has 35 heavy (non-hydrogen) atoms. The van der Waals surface area contributed by atoms with Crippen LogP contribution in [0.25, 0.3) is 0 Å². The molecule has 1 saturated heterocycles. The Morgan fingerprint density at radius 3 is 2.26 bits per heavy atom. The molecule has 0 N–H and O–H groups in total. The molecule has 1 unspecified atom stereocenters. The van der Waals surface area contributed by atoms with E-state index in [9.17, 15) is 31.2 Å². The summed E-state index contributed by atoms with van der Waals surface area (Å²) in [5, 5.41) is 0. The van der Waals surface area contributed by atoms with E-state index in [1.54, 1.807) is 6.92 Å². The maximum Gasteiger partial charge on any atom is 0.516 e. The molecule has 196 valence electrons. The van der Waals surface area contributed by atoms with Gasteiger partial charge in [-0.15, -0.1) is 0 Å². The van der Waals surface area contributed by atoms with Gasteiger partial charge in [0.2, 0.25) is 0 Å². The monoisotopic (exact) mass is 520 g/mol. The SMILES string of the molecule is Cc1cc(C)c(N(COC(=O)C(C)(C)C)S(=O)(=O)C(F)(F)F)cc1N1CCC(OC2CCC2)C1=O. The summed E-state index contributed by atoms with van der Waals surface area (Å²) in [6, 6.07) is 2.73. The Bertz CT molecular complexity index is 1090. The summed E-state index contributed by atoms with van der Waals surface area (Å²) in [4.78, 5) is 26.6. The number of carbonyl (C=O) groups excluding carboxylic acids is 2. The van der Waals surface area contributed by atoms with Crippen molar-refractivity contribution >= 4 is 33.3 Å². The molecule has 1 amide bonds. The van der Waals surface area contributed by atoms with Gasteiger partial charge in [-0.1, -0.05) is 6.07 Å². The Morgan fingerprint density at radius 2 is 1.74 bits per heavy atom. The van der Waals surface area contributed by atoms with E-state index in [0.717, 1.165) is 19.3 Å². The third kappa shape index (κ3) is 5.58. The maximum atomic E-state index is 13.6. The first-order valence-electron chi connectivity index (χ1n) is 11.4. The number of anilines is 2. The molecule has 1 atom stereocenters. The van der Waals surface area contributed by atoms with Crippen molar-refractivity contribution in [3.63, 3.8) is 0 Å². The van der Waals surface area contributed by atoms with Crippen LogP contribution >= 0.6 is 0 Å². The molecule has 1 aromatic carbocycles. The van der Waals surface area contributed by atoms with Gasteiger partial charge < -0.3 is 14.4 Å². The Labute approximate surface area is 203 Å². The molecule has 3 rings (SSSR count). The largest absolute Gasteiger partial charge is 0.516 e. The lowest BCUT2D eigenvalue weighted by Gasteiger charge is -2.30. The van der Waals surface area contributed by atoms with Crippen molar-refractivity contribution in [2.75, 3.05) is 22.5 Å². The number of aryl methyl sites for hydroxylation is 2. The first-order valence-corrected chi connectivity index (χ1v) is 12.8. The minimum atomic E-state index is -5.92. The van der Waals surface area contributed by atoms with Crippen molar-refractivity contribution < 1.29 is 40.7 Å². The van der Waals surface area contributed by atoms with E-state index in [4.69, 9.17) is 9.47 Å². The van der Waals surface area contributed by atoms with Gasteiger partial charge in [0.05, 0.1) is 17.2 Å². The lowest BCUT2D eigenvalue weighted by molar-refractivity contribution is -0.152. The molecule has 12 heteroatoms. The normalized spacial score (nSPS) is 19.6. The minimum absolute atomic E-state index is 0.0256. The van der Waals surface area contributed by atoms with Gasteiger partial charge in [0, 0.05) is 18.7 Å². The molecule has 0 spiro atoms. The molecule has 2 aliphatic rings. The van der Waals surface area contributed by atoms with Gasteiger partial charge in [0.15, 0.2) is 6.73 Å². The summed E-state index contributed by atoms with van der Waals surface area (Å²) in [6.45, 7) is 6.73. The molecule has 1 aliphatic heterocycles. The molecular formula is C23H31F3N2O6S. The third-order valence-corrected chi connectivity index (χ3v) is 7.61. The van der Waals surface area contributed by atoms with Crippen LogP contribution in [0.1, 0.15) is 57.6 Å². The second kappa shape index (κ2) is 9.61. The van der Waals surface area contributed by atoms with Crippen LogP contribution < -0.4 is 9.21 Å². The fourth-order valence-electron chi connectivity index (χ4n) is 3.87. The standard InChI is InChI=1S/C23H31F3N2O6S/c1-14-11-15(2)18(12-17(14)27-10-9-19(20(27)29)34-16-7-6-8-16)28(35(31,32)23(24,25)26)13-33-21(30)22(3,4)5/h11-12,16,19H,6-10,13H2,1-5H3. The second-order valence-electron chi connectivity index (χ2n) is 9.99. The fraction of sp³-hybridized carbons (Fsp3) is 0.652. The van der Waals surface area contributed by atoms with E-state index in [1.165, 1.54) is 44.7 Å². The number of amides is 1. The highest BCUT2D eigenvalue weighted by molar-refractivity contribution is 7.93. The number of carbonyl (C=O) groups is 2. The van der Waals surface area contributed by atoms with Gasteiger partial charge >= 0.3 is 21.5 Å². The number of sulfonamides is 1. The number of rotatable bonds is 7. The van der Waals surface area contributed by atoms with Gasteiger partial charge in [-0.2, -0.15) is 21.6 Å². The number of alkyl halides is 3. The second-order valence-corrected chi connectivity index (χ2v) is 11.8. The lowest BCUT2D eigenvalue weighted by atomic mass is 9.96. The van der Waals surface area contributed by atoms with E-state index in [-0.39, 0.29) is 39.8 Å². The molecule has 0 radical (unpaired) electrons. The fourth-order valence-corrected chi connectivity index (χ4v) is 4.77. The number of ether oxygens (including phenoxy) is 2. The predicted octanol–water partition coefficient (Wildman–Crippen LogP) is 4.18. The van der Waals surface area contributed by atoms with E-state index < -0.39 is 39.8 Å². The third-order valence-electron chi connectivity index (χ3n) is 6.15. The summed E-state index contributed by atoms with van der Waals surface area (Å²) in [5.41, 5.74) is -5.96. The molecule has 0 bridgehead atoms. The van der Waals surface area contributed by atoms with E-state index >= 15 is 0 Å². The number of benzene rings is 1. The molecule has 0 aromatic heterocycles. The molecule has 2 fully saturated rings. The highest BCUT2D eigenvalue weighted by atomic mass is 32.2. The molecular weight excluding hydrogens is 489 g/mol. The van der Waals surface area contributed by atoms with Gasteiger partial charge in [0.1, 0.15) is 6.10 Å². The van der Waals surface area contributed by atoms with Crippen LogP contribution in [0.4, 0.5) is 24.5 Å². The number of halogens is 3. The number of nitrogens with zero attached hydrogens (tertiary/aromatic N) is 2. The zero-order valence-corrected chi connectivity index (χ0v) is 21.3. The number of esters is 1. The van der Waals surface area contributed by atoms with Crippen molar-refractivity contribution in [3.8, 4) is 0 Å². The average molecular weight is 521 g/mol. The Morgan fingerprint density at radius 1 is 1.11 bits per heavy atom. The van der Waals surface area contributed by atoms with Crippen molar-refractivity contribution in [3.05, 3.63) is 23.3 Å². The maximum absolute atomic E-state index is 13.6. The Balaban J connectivity index is 1.98. The number of hydrogen-bond donors (Lipinski definition) is 0. The average Bonchev–Trinajstić information content (AvgIpc) is 3.04. The lowest BCUT2D eigenvalue weighted by Crippen LogP contribution is -2.44. The first kappa shape index (κ1) is 27.3. The van der Waals surface area contributed by atoms with Crippen LogP contribution in [-0.2, 0) is 29.1 Å². The topological polar surface area (TPSA) is 93.2 Å². The molecule has 1 heterocycles. The van der Waals surface area contributed by atoms with Gasteiger partial charge in [-0.05, 0) is 71.1 Å². The van der Waals surface area contributed by atoms with Gasteiger partial charge in [0.25, 0.3) is 5.91 Å². The zero-order chi connectivity index (χ0) is 26.3. The zero-order valence-electron chi connectivity index (χ0n) is 20.4. The molecule has 1 aromatic rings. The summed E-state index contributed by atoms with van der Waals surface area (Å²) >= 11 is 0. The van der Waals surface area contributed by atoms with E-state index in [2.05, 4.69) is 0 Å². The summed E-state index contributed by atoms with van der Waals surface area (Å²) in [7, 11) is -5.92. The smallest absolute Gasteiger partial charge is 0.443 e. The summed E-state index contributed by atoms with van der Waals surface area (Å²) < 4.78 is 76.5. The number of hydrogen-bond acceptors (Lipinski definition) is 6. The van der Waals surface area contributed by atoms with Crippen LogP contribution in [0.5, 0.6) is 0 Å². The van der Waals surface area contributed by atoms with E-state index in [1.807, 2.05) is 0 Å². The molecule has 1 aliphatic carbocycles. The van der Waals surface area contributed by atoms with Crippen LogP contribution in [0.2, 0.25) is 0 Å². The quantitative estimate of drug-likeness (QED) is 0.396. The summed E-state index contributed by atoms with van der Waals surface area (Å²) in [6.07, 6.45) is 2.62. The van der Waals surface area contributed by atoms with Crippen molar-refractivity contribution in [2.45, 2.75) is 78.0 Å². The first-order chi connectivity index (χ1) is 16.0. The van der Waals surface area contributed by atoms with Crippen molar-refractivity contribution in [2.24, 2.45) is 5.41 Å². The molecule has 8 nitrogen and oxygen atoms in total. The van der Waals surface area contributed by atoms with Crippen LogP contribution in [0, 0.1) is 19.3 Å². The highest BCUT2D eigenvalue weighted by Gasteiger charge is 2.51.